The van der Waals surface area contributed by atoms with E-state index in [-0.39, 0.29) is 12.5 Å². The van der Waals surface area contributed by atoms with E-state index >= 15 is 0 Å². The molecule has 1 heterocycles. The average molecular weight is 359 g/mol. The minimum atomic E-state index is -1.06. The highest BCUT2D eigenvalue weighted by Crippen LogP contribution is 2.27. The normalized spacial score (nSPS) is 13.5. The van der Waals surface area contributed by atoms with Gasteiger partial charge in [0, 0.05) is 12.1 Å². The minimum Gasteiger partial charge on any atom is -0.481 e. The van der Waals surface area contributed by atoms with Gasteiger partial charge in [-0.2, -0.15) is 0 Å². The van der Waals surface area contributed by atoms with E-state index in [2.05, 4.69) is 5.32 Å². The van der Waals surface area contributed by atoms with Crippen molar-refractivity contribution < 1.29 is 24.2 Å². The number of carboxylic acid groups (broad SMARTS) is 2. The third kappa shape index (κ3) is 5.20. The SMILES string of the molecule is Cc1ccc(-c2ccc(C(CNC(CC(C)C)C(=O)O)C(=O)O)o2)cc1. The number of rotatable bonds is 9. The second-order valence-electron chi connectivity index (χ2n) is 6.89. The van der Waals surface area contributed by atoms with Crippen LogP contribution in [0.1, 0.15) is 37.5 Å². The van der Waals surface area contributed by atoms with Crippen molar-refractivity contribution in [3.8, 4) is 11.3 Å². The van der Waals surface area contributed by atoms with Crippen molar-refractivity contribution in [1.29, 1.82) is 0 Å². The summed E-state index contributed by atoms with van der Waals surface area (Å²) in [7, 11) is 0. The summed E-state index contributed by atoms with van der Waals surface area (Å²) in [6.45, 7) is 5.82. The molecule has 26 heavy (non-hydrogen) atoms. The van der Waals surface area contributed by atoms with Crippen molar-refractivity contribution in [3.05, 3.63) is 47.7 Å². The maximum atomic E-state index is 11.6. The Morgan fingerprint density at radius 3 is 2.23 bits per heavy atom. The zero-order valence-electron chi connectivity index (χ0n) is 15.2. The maximum absolute atomic E-state index is 11.6. The molecule has 0 bridgehead atoms. The molecule has 0 fully saturated rings. The van der Waals surface area contributed by atoms with E-state index in [1.165, 1.54) is 0 Å². The molecule has 2 aromatic rings. The second-order valence-corrected chi connectivity index (χ2v) is 6.89. The maximum Gasteiger partial charge on any atom is 0.320 e. The van der Waals surface area contributed by atoms with Crippen LogP contribution < -0.4 is 5.32 Å². The molecule has 0 aliphatic rings. The van der Waals surface area contributed by atoms with Gasteiger partial charge in [-0.05, 0) is 31.4 Å². The van der Waals surface area contributed by atoms with Crippen LogP contribution in [0.15, 0.2) is 40.8 Å². The number of hydrogen-bond acceptors (Lipinski definition) is 4. The van der Waals surface area contributed by atoms with E-state index < -0.39 is 23.9 Å². The third-order valence-corrected chi connectivity index (χ3v) is 4.18. The van der Waals surface area contributed by atoms with Crippen LogP contribution in [-0.4, -0.2) is 34.7 Å². The highest BCUT2D eigenvalue weighted by Gasteiger charge is 2.27. The monoisotopic (exact) mass is 359 g/mol. The molecule has 6 nitrogen and oxygen atoms in total. The summed E-state index contributed by atoms with van der Waals surface area (Å²) in [5.41, 5.74) is 1.99. The lowest BCUT2D eigenvalue weighted by atomic mass is 10.0. The highest BCUT2D eigenvalue weighted by atomic mass is 16.4. The number of nitrogens with one attached hydrogen (secondary N) is 1. The van der Waals surface area contributed by atoms with E-state index in [0.29, 0.717) is 17.9 Å². The molecule has 0 saturated heterocycles. The fourth-order valence-corrected chi connectivity index (χ4v) is 2.73. The number of benzene rings is 1. The fraction of sp³-hybridized carbons (Fsp3) is 0.400. The summed E-state index contributed by atoms with van der Waals surface area (Å²) in [5.74, 6) is -1.93. The first-order valence-electron chi connectivity index (χ1n) is 8.63. The molecule has 140 valence electrons. The summed E-state index contributed by atoms with van der Waals surface area (Å²) < 4.78 is 5.74. The van der Waals surface area contributed by atoms with Crippen molar-refractivity contribution in [2.75, 3.05) is 6.54 Å². The largest absolute Gasteiger partial charge is 0.481 e. The molecule has 0 amide bonds. The Labute approximate surface area is 152 Å². The Balaban J connectivity index is 2.13. The van der Waals surface area contributed by atoms with Gasteiger partial charge in [0.05, 0.1) is 0 Å². The van der Waals surface area contributed by atoms with Crippen LogP contribution in [0.3, 0.4) is 0 Å². The molecule has 0 radical (unpaired) electrons. The number of hydrogen-bond donors (Lipinski definition) is 3. The summed E-state index contributed by atoms with van der Waals surface area (Å²) in [4.78, 5) is 23.0. The van der Waals surface area contributed by atoms with Gasteiger partial charge in [-0.25, -0.2) is 0 Å². The van der Waals surface area contributed by atoms with Gasteiger partial charge >= 0.3 is 11.9 Å². The first-order valence-corrected chi connectivity index (χ1v) is 8.63. The van der Waals surface area contributed by atoms with E-state index in [1.807, 2.05) is 45.0 Å². The molecule has 1 aromatic heterocycles. The highest BCUT2D eigenvalue weighted by molar-refractivity contribution is 5.77. The molecule has 6 heteroatoms. The predicted molar refractivity (Wildman–Crippen MR) is 98.1 cm³/mol. The van der Waals surface area contributed by atoms with Crippen molar-refractivity contribution in [2.24, 2.45) is 5.92 Å². The minimum absolute atomic E-state index is 0.0140. The van der Waals surface area contributed by atoms with Crippen molar-refractivity contribution in [2.45, 2.75) is 39.2 Å². The van der Waals surface area contributed by atoms with Crippen molar-refractivity contribution in [3.63, 3.8) is 0 Å². The van der Waals surface area contributed by atoms with Gasteiger partial charge in [-0.15, -0.1) is 0 Å². The number of aryl methyl sites for hydroxylation is 1. The van der Waals surface area contributed by atoms with Gasteiger partial charge in [0.2, 0.25) is 0 Å². The molecular formula is C20H25NO5. The van der Waals surface area contributed by atoms with Gasteiger partial charge < -0.3 is 19.9 Å². The van der Waals surface area contributed by atoms with E-state index in [9.17, 15) is 19.8 Å². The first kappa shape index (κ1) is 19.7. The predicted octanol–water partition coefficient (Wildman–Crippen LogP) is 3.51. The smallest absolute Gasteiger partial charge is 0.320 e. The van der Waals surface area contributed by atoms with Gasteiger partial charge in [-0.3, -0.25) is 9.59 Å². The number of carbonyl (C=O) groups is 2. The molecule has 0 aliphatic carbocycles. The number of carboxylic acids is 2. The number of furan rings is 1. The topological polar surface area (TPSA) is 99.8 Å². The van der Waals surface area contributed by atoms with E-state index in [4.69, 9.17) is 4.42 Å². The van der Waals surface area contributed by atoms with Crippen LogP contribution in [-0.2, 0) is 9.59 Å². The molecular weight excluding hydrogens is 334 g/mol. The molecule has 0 saturated carbocycles. The zero-order valence-corrected chi connectivity index (χ0v) is 15.2. The van der Waals surface area contributed by atoms with Crippen LogP contribution in [0.5, 0.6) is 0 Å². The van der Waals surface area contributed by atoms with Crippen LogP contribution in [0, 0.1) is 12.8 Å². The summed E-state index contributed by atoms with van der Waals surface area (Å²) in [6, 6.07) is 10.3. The van der Waals surface area contributed by atoms with Crippen LogP contribution in [0.2, 0.25) is 0 Å². The van der Waals surface area contributed by atoms with Gasteiger partial charge in [0.25, 0.3) is 0 Å². The summed E-state index contributed by atoms with van der Waals surface area (Å²) >= 11 is 0. The van der Waals surface area contributed by atoms with Crippen LogP contribution in [0.25, 0.3) is 11.3 Å². The molecule has 2 atom stereocenters. The Hall–Kier alpha value is -2.60. The summed E-state index contributed by atoms with van der Waals surface area (Å²) in [6.07, 6.45) is 0.425. The van der Waals surface area contributed by atoms with Crippen molar-refractivity contribution >= 4 is 11.9 Å². The van der Waals surface area contributed by atoms with Crippen LogP contribution in [0.4, 0.5) is 0 Å². The lowest BCUT2D eigenvalue weighted by molar-refractivity contribution is -0.142. The molecule has 2 unspecified atom stereocenters. The molecule has 0 aliphatic heterocycles. The first-order chi connectivity index (χ1) is 12.3. The van der Waals surface area contributed by atoms with E-state index in [0.717, 1.165) is 11.1 Å². The van der Waals surface area contributed by atoms with Crippen LogP contribution >= 0.6 is 0 Å². The lowest BCUT2D eigenvalue weighted by Gasteiger charge is -2.18. The molecule has 1 aromatic carbocycles. The zero-order chi connectivity index (χ0) is 19.3. The van der Waals surface area contributed by atoms with Crippen molar-refractivity contribution in [1.82, 2.24) is 5.32 Å². The lowest BCUT2D eigenvalue weighted by Crippen LogP contribution is -2.41. The standard InChI is InChI=1S/C20H25NO5/c1-12(2)10-16(20(24)25)21-11-15(19(22)23)18-9-8-17(26-18)14-6-4-13(3)5-7-14/h4-9,12,15-16,21H,10-11H2,1-3H3,(H,22,23)(H,24,25). The molecule has 0 spiro atoms. The Morgan fingerprint density at radius 1 is 1.04 bits per heavy atom. The second kappa shape index (κ2) is 8.67. The van der Waals surface area contributed by atoms with Gasteiger partial charge in [0.15, 0.2) is 0 Å². The van der Waals surface area contributed by atoms with Gasteiger partial charge in [-0.1, -0.05) is 43.7 Å². The van der Waals surface area contributed by atoms with Gasteiger partial charge in [0.1, 0.15) is 23.5 Å². The fourth-order valence-electron chi connectivity index (χ4n) is 2.73. The average Bonchev–Trinajstić information content (AvgIpc) is 3.03. The third-order valence-electron chi connectivity index (χ3n) is 4.18. The summed E-state index contributed by atoms with van der Waals surface area (Å²) in [5, 5.41) is 21.7. The van der Waals surface area contributed by atoms with E-state index in [1.54, 1.807) is 12.1 Å². The Bertz CT molecular complexity index is 748. The molecule has 3 N–H and O–H groups in total. The quantitative estimate of drug-likeness (QED) is 0.633. The Morgan fingerprint density at radius 2 is 1.69 bits per heavy atom. The number of aliphatic carboxylic acids is 2. The molecule has 2 rings (SSSR count). The Kier molecular flexibility index (Phi) is 6.58.